The number of carbonyl (C=O) groups excluding carboxylic acids is 2. The van der Waals surface area contributed by atoms with Crippen molar-refractivity contribution in [3.8, 4) is 0 Å². The van der Waals surface area contributed by atoms with Gasteiger partial charge in [-0.25, -0.2) is 4.39 Å². The fourth-order valence-electron chi connectivity index (χ4n) is 1.07. The van der Waals surface area contributed by atoms with Crippen LogP contribution >= 0.6 is 0 Å². The molecule has 6 heteroatoms. The first kappa shape index (κ1) is 13.1. The van der Waals surface area contributed by atoms with E-state index in [2.05, 4.69) is 10.6 Å². The molecule has 2 amide bonds. The second-order valence-electron chi connectivity index (χ2n) is 3.52. The summed E-state index contributed by atoms with van der Waals surface area (Å²) in [6.45, 7) is 1.46. The summed E-state index contributed by atoms with van der Waals surface area (Å²) in [5, 5.41) is 13.4. The highest BCUT2D eigenvalue weighted by molar-refractivity contribution is 6.39. The van der Waals surface area contributed by atoms with Crippen LogP contribution in [0.15, 0.2) is 24.3 Å². The minimum atomic E-state index is -0.906. The van der Waals surface area contributed by atoms with E-state index >= 15 is 0 Å². The largest absolute Gasteiger partial charge is 0.392 e. The van der Waals surface area contributed by atoms with Crippen molar-refractivity contribution in [1.82, 2.24) is 5.32 Å². The number of hydrogen-bond acceptors (Lipinski definition) is 3. The van der Waals surface area contributed by atoms with Crippen molar-refractivity contribution in [2.45, 2.75) is 13.0 Å². The minimum Gasteiger partial charge on any atom is -0.392 e. The molecule has 0 unspecified atom stereocenters. The second kappa shape index (κ2) is 5.95. The van der Waals surface area contributed by atoms with Crippen LogP contribution < -0.4 is 10.6 Å². The van der Waals surface area contributed by atoms with Crippen molar-refractivity contribution in [2.75, 3.05) is 11.9 Å². The Bertz CT molecular complexity index is 421. The summed E-state index contributed by atoms with van der Waals surface area (Å²) >= 11 is 0. The van der Waals surface area contributed by atoms with E-state index < -0.39 is 23.7 Å². The average Bonchev–Trinajstić information content (AvgIpc) is 2.25. The Hall–Kier alpha value is -1.95. The molecule has 1 atom stereocenters. The highest BCUT2D eigenvalue weighted by Gasteiger charge is 2.13. The molecule has 92 valence electrons. The van der Waals surface area contributed by atoms with E-state index in [1.165, 1.54) is 25.1 Å². The molecule has 0 saturated heterocycles. The molecule has 0 aliphatic carbocycles. The Balaban J connectivity index is 2.51. The average molecular weight is 240 g/mol. The predicted octanol–water partition coefficient (Wildman–Crippen LogP) is 0.261. The number of carbonyl (C=O) groups is 2. The maximum atomic E-state index is 12.8. The van der Waals surface area contributed by atoms with Crippen LogP contribution in [0, 0.1) is 5.82 Å². The van der Waals surface area contributed by atoms with Crippen LogP contribution in [0.5, 0.6) is 0 Å². The molecule has 17 heavy (non-hydrogen) atoms. The lowest BCUT2D eigenvalue weighted by molar-refractivity contribution is -0.136. The standard InChI is InChI=1S/C11H13FN2O3/c1-7(15)6-13-10(16)11(17)14-9-4-2-3-8(12)5-9/h2-5,7,15H,6H2,1H3,(H,13,16)(H,14,17)/t7-/m0/s1. The van der Waals surface area contributed by atoms with Crippen LogP contribution in [0.2, 0.25) is 0 Å². The van der Waals surface area contributed by atoms with Crippen molar-refractivity contribution in [3.63, 3.8) is 0 Å². The lowest BCUT2D eigenvalue weighted by Gasteiger charge is -2.07. The number of anilines is 1. The van der Waals surface area contributed by atoms with Crippen molar-refractivity contribution in [2.24, 2.45) is 0 Å². The number of aliphatic hydroxyl groups is 1. The summed E-state index contributed by atoms with van der Waals surface area (Å²) in [6, 6.07) is 5.20. The van der Waals surface area contributed by atoms with Crippen molar-refractivity contribution < 1.29 is 19.1 Å². The highest BCUT2D eigenvalue weighted by atomic mass is 19.1. The smallest absolute Gasteiger partial charge is 0.313 e. The summed E-state index contributed by atoms with van der Waals surface area (Å²) in [5.74, 6) is -2.29. The molecule has 0 radical (unpaired) electrons. The van der Waals surface area contributed by atoms with E-state index in [1.807, 2.05) is 0 Å². The maximum Gasteiger partial charge on any atom is 0.313 e. The molecule has 0 spiro atoms. The molecule has 0 fully saturated rings. The zero-order chi connectivity index (χ0) is 12.8. The van der Waals surface area contributed by atoms with Gasteiger partial charge in [-0.2, -0.15) is 0 Å². The normalized spacial score (nSPS) is 11.7. The third kappa shape index (κ3) is 4.60. The van der Waals surface area contributed by atoms with Gasteiger partial charge in [0, 0.05) is 12.2 Å². The zero-order valence-corrected chi connectivity index (χ0v) is 9.24. The van der Waals surface area contributed by atoms with Crippen LogP contribution in [0.4, 0.5) is 10.1 Å². The van der Waals surface area contributed by atoms with Crippen LogP contribution in [-0.2, 0) is 9.59 Å². The van der Waals surface area contributed by atoms with Gasteiger partial charge in [-0.1, -0.05) is 6.07 Å². The molecule has 5 nitrogen and oxygen atoms in total. The summed E-state index contributed by atoms with van der Waals surface area (Å²) in [5.41, 5.74) is 0.196. The van der Waals surface area contributed by atoms with E-state index in [1.54, 1.807) is 0 Å². The number of amides is 2. The van der Waals surface area contributed by atoms with Crippen molar-refractivity contribution >= 4 is 17.5 Å². The molecule has 1 aromatic rings. The van der Waals surface area contributed by atoms with Gasteiger partial charge in [0.1, 0.15) is 5.82 Å². The van der Waals surface area contributed by atoms with Gasteiger partial charge in [-0.15, -0.1) is 0 Å². The van der Waals surface area contributed by atoms with Crippen LogP contribution in [0.3, 0.4) is 0 Å². The second-order valence-corrected chi connectivity index (χ2v) is 3.52. The van der Waals surface area contributed by atoms with E-state index in [4.69, 9.17) is 5.11 Å². The molecule has 0 aromatic heterocycles. The van der Waals surface area contributed by atoms with Gasteiger partial charge in [0.05, 0.1) is 6.10 Å². The van der Waals surface area contributed by atoms with E-state index in [0.717, 1.165) is 6.07 Å². The molecule has 3 N–H and O–H groups in total. The Morgan fingerprint density at radius 3 is 2.71 bits per heavy atom. The molecule has 0 aliphatic heterocycles. The number of rotatable bonds is 3. The molecular weight excluding hydrogens is 227 g/mol. The number of benzene rings is 1. The number of aliphatic hydroxyl groups excluding tert-OH is 1. The Morgan fingerprint density at radius 1 is 1.41 bits per heavy atom. The molecule has 0 aliphatic rings. The Kier molecular flexibility index (Phi) is 4.59. The molecule has 1 rings (SSSR count). The first-order valence-electron chi connectivity index (χ1n) is 5.02. The quantitative estimate of drug-likeness (QED) is 0.663. The van der Waals surface area contributed by atoms with Gasteiger partial charge in [0.15, 0.2) is 0 Å². The van der Waals surface area contributed by atoms with Crippen molar-refractivity contribution in [3.05, 3.63) is 30.1 Å². The molecule has 1 aromatic carbocycles. The third-order valence-electron chi connectivity index (χ3n) is 1.85. The van der Waals surface area contributed by atoms with Crippen LogP contribution in [-0.4, -0.2) is 29.6 Å². The topological polar surface area (TPSA) is 78.4 Å². The number of halogens is 1. The van der Waals surface area contributed by atoms with E-state index in [0.29, 0.717) is 0 Å². The summed E-state index contributed by atoms with van der Waals surface area (Å²) in [7, 11) is 0. The van der Waals surface area contributed by atoms with Crippen LogP contribution in [0.1, 0.15) is 6.92 Å². The summed E-state index contributed by atoms with van der Waals surface area (Å²) < 4.78 is 12.8. The third-order valence-corrected chi connectivity index (χ3v) is 1.85. The van der Waals surface area contributed by atoms with Gasteiger partial charge in [0.2, 0.25) is 0 Å². The van der Waals surface area contributed by atoms with Crippen LogP contribution in [0.25, 0.3) is 0 Å². The fraction of sp³-hybridized carbons (Fsp3) is 0.273. The SMILES string of the molecule is C[C@H](O)CNC(=O)C(=O)Nc1cccc(F)c1. The van der Waals surface area contributed by atoms with Gasteiger partial charge >= 0.3 is 11.8 Å². The number of hydrogen-bond donors (Lipinski definition) is 3. The summed E-state index contributed by atoms with van der Waals surface area (Å²) in [6.07, 6.45) is -0.735. The van der Waals surface area contributed by atoms with Crippen molar-refractivity contribution in [1.29, 1.82) is 0 Å². The summed E-state index contributed by atoms with van der Waals surface area (Å²) in [4.78, 5) is 22.5. The molecule has 0 bridgehead atoms. The van der Waals surface area contributed by atoms with Gasteiger partial charge in [-0.05, 0) is 25.1 Å². The lowest BCUT2D eigenvalue weighted by Crippen LogP contribution is -2.38. The predicted molar refractivity (Wildman–Crippen MR) is 59.7 cm³/mol. The maximum absolute atomic E-state index is 12.8. The lowest BCUT2D eigenvalue weighted by atomic mass is 10.3. The van der Waals surface area contributed by atoms with Gasteiger partial charge in [0.25, 0.3) is 0 Å². The molecule has 0 heterocycles. The Labute approximate surface area is 97.6 Å². The first-order valence-corrected chi connectivity index (χ1v) is 5.02. The number of nitrogens with one attached hydrogen (secondary N) is 2. The van der Waals surface area contributed by atoms with Gasteiger partial charge < -0.3 is 15.7 Å². The monoisotopic (exact) mass is 240 g/mol. The zero-order valence-electron chi connectivity index (χ0n) is 9.24. The molecule has 0 saturated carbocycles. The fourth-order valence-corrected chi connectivity index (χ4v) is 1.07. The van der Waals surface area contributed by atoms with Gasteiger partial charge in [-0.3, -0.25) is 9.59 Å². The highest BCUT2D eigenvalue weighted by Crippen LogP contribution is 2.08. The Morgan fingerprint density at radius 2 is 2.12 bits per heavy atom. The van der Waals surface area contributed by atoms with E-state index in [9.17, 15) is 14.0 Å². The minimum absolute atomic E-state index is 0.0184. The first-order chi connectivity index (χ1) is 7.99. The van der Waals surface area contributed by atoms with E-state index in [-0.39, 0.29) is 12.2 Å². The molecular formula is C11H13FN2O3.